The van der Waals surface area contributed by atoms with Gasteiger partial charge in [-0.3, -0.25) is 14.9 Å². The van der Waals surface area contributed by atoms with Gasteiger partial charge in [-0.05, 0) is 30.3 Å². The fourth-order valence-corrected chi connectivity index (χ4v) is 2.00. The molecule has 0 unspecified atom stereocenters. The van der Waals surface area contributed by atoms with Crippen molar-refractivity contribution in [3.05, 3.63) is 60.6 Å². The van der Waals surface area contributed by atoms with Crippen molar-refractivity contribution >= 4 is 11.6 Å². The predicted molar refractivity (Wildman–Crippen MR) is 82.8 cm³/mol. The van der Waals surface area contributed by atoms with E-state index in [0.717, 1.165) is 5.56 Å². The molecule has 0 aliphatic heterocycles. The van der Waals surface area contributed by atoms with E-state index in [9.17, 15) is 4.79 Å². The topological polar surface area (TPSA) is 79.9 Å². The molecule has 0 fully saturated rings. The van der Waals surface area contributed by atoms with Crippen molar-refractivity contribution in [2.75, 3.05) is 12.4 Å². The molecule has 0 saturated heterocycles. The summed E-state index contributed by atoms with van der Waals surface area (Å²) in [4.78, 5) is 16.3. The average Bonchev–Trinajstić information content (AvgIpc) is 3.06. The first kappa shape index (κ1) is 13.8. The first-order valence-electron chi connectivity index (χ1n) is 6.67. The minimum Gasteiger partial charge on any atom is -0.497 e. The van der Waals surface area contributed by atoms with Gasteiger partial charge < -0.3 is 10.1 Å². The van der Waals surface area contributed by atoms with Crippen LogP contribution in [0.5, 0.6) is 5.75 Å². The van der Waals surface area contributed by atoms with Gasteiger partial charge in [0.25, 0.3) is 5.91 Å². The monoisotopic (exact) mass is 294 g/mol. The SMILES string of the molecule is COc1cccc(NC(=O)c2cc(-c3cccnc3)n[nH]2)c1. The van der Waals surface area contributed by atoms with E-state index < -0.39 is 0 Å². The third kappa shape index (κ3) is 2.95. The Balaban J connectivity index is 1.77. The second-order valence-electron chi connectivity index (χ2n) is 4.59. The number of methoxy groups -OCH3 is 1. The van der Waals surface area contributed by atoms with Crippen LogP contribution in [0.2, 0.25) is 0 Å². The van der Waals surface area contributed by atoms with Crippen molar-refractivity contribution in [3.63, 3.8) is 0 Å². The number of anilines is 1. The van der Waals surface area contributed by atoms with Crippen LogP contribution in [0.4, 0.5) is 5.69 Å². The standard InChI is InChI=1S/C16H14N4O2/c1-22-13-6-2-5-12(8-13)18-16(21)15-9-14(19-20-15)11-4-3-7-17-10-11/h2-10H,1H3,(H,18,21)(H,19,20). The molecule has 0 aliphatic rings. The average molecular weight is 294 g/mol. The van der Waals surface area contributed by atoms with Crippen molar-refractivity contribution in [2.45, 2.75) is 0 Å². The van der Waals surface area contributed by atoms with Crippen LogP contribution in [0.15, 0.2) is 54.9 Å². The van der Waals surface area contributed by atoms with E-state index in [1.54, 1.807) is 37.7 Å². The summed E-state index contributed by atoms with van der Waals surface area (Å²) in [5.74, 6) is 0.411. The maximum atomic E-state index is 12.2. The molecule has 6 heteroatoms. The number of benzene rings is 1. The number of pyridine rings is 1. The van der Waals surface area contributed by atoms with Crippen molar-refractivity contribution in [1.29, 1.82) is 0 Å². The highest BCUT2D eigenvalue weighted by Gasteiger charge is 2.11. The number of hydrogen-bond donors (Lipinski definition) is 2. The summed E-state index contributed by atoms with van der Waals surface area (Å²) in [5.41, 5.74) is 2.55. The molecule has 0 atom stereocenters. The Kier molecular flexibility index (Phi) is 3.82. The molecule has 6 nitrogen and oxygen atoms in total. The molecule has 0 saturated carbocycles. The maximum absolute atomic E-state index is 12.2. The number of carbonyl (C=O) groups excluding carboxylic acids is 1. The van der Waals surface area contributed by atoms with Crippen molar-refractivity contribution in [2.24, 2.45) is 0 Å². The summed E-state index contributed by atoms with van der Waals surface area (Å²) >= 11 is 0. The van der Waals surface area contributed by atoms with Gasteiger partial charge in [0, 0.05) is 29.7 Å². The molecule has 0 aliphatic carbocycles. The van der Waals surface area contributed by atoms with E-state index in [-0.39, 0.29) is 5.91 Å². The van der Waals surface area contributed by atoms with Crippen LogP contribution in [0, 0.1) is 0 Å². The van der Waals surface area contributed by atoms with Gasteiger partial charge >= 0.3 is 0 Å². The van der Waals surface area contributed by atoms with Crippen molar-refractivity contribution in [3.8, 4) is 17.0 Å². The zero-order chi connectivity index (χ0) is 15.4. The molecule has 3 rings (SSSR count). The zero-order valence-electron chi connectivity index (χ0n) is 11.9. The number of rotatable bonds is 4. The van der Waals surface area contributed by atoms with E-state index in [0.29, 0.717) is 22.8 Å². The molecular formula is C16H14N4O2. The molecule has 110 valence electrons. The highest BCUT2D eigenvalue weighted by molar-refractivity contribution is 6.03. The van der Waals surface area contributed by atoms with Crippen molar-refractivity contribution < 1.29 is 9.53 Å². The first-order valence-corrected chi connectivity index (χ1v) is 6.67. The zero-order valence-corrected chi connectivity index (χ0v) is 11.9. The quantitative estimate of drug-likeness (QED) is 0.775. The summed E-state index contributed by atoms with van der Waals surface area (Å²) in [6, 6.07) is 12.5. The molecule has 2 heterocycles. The largest absolute Gasteiger partial charge is 0.497 e. The third-order valence-electron chi connectivity index (χ3n) is 3.11. The van der Waals surface area contributed by atoms with E-state index >= 15 is 0 Å². The Hall–Kier alpha value is -3.15. The van der Waals surface area contributed by atoms with Gasteiger partial charge in [0.1, 0.15) is 11.4 Å². The van der Waals surface area contributed by atoms with E-state index in [1.165, 1.54) is 0 Å². The minimum atomic E-state index is -0.268. The normalized spacial score (nSPS) is 10.2. The van der Waals surface area contributed by atoms with Gasteiger partial charge in [-0.1, -0.05) is 6.07 Å². The summed E-state index contributed by atoms with van der Waals surface area (Å²) in [5, 5.41) is 9.66. The molecule has 3 aromatic rings. The Bertz CT molecular complexity index is 784. The lowest BCUT2D eigenvalue weighted by molar-refractivity contribution is 0.102. The maximum Gasteiger partial charge on any atom is 0.273 e. The fourth-order valence-electron chi connectivity index (χ4n) is 2.00. The van der Waals surface area contributed by atoms with Gasteiger partial charge in [0.2, 0.25) is 0 Å². The van der Waals surface area contributed by atoms with Gasteiger partial charge in [-0.25, -0.2) is 0 Å². The van der Waals surface area contributed by atoms with Crippen LogP contribution in [-0.4, -0.2) is 28.2 Å². The second-order valence-corrected chi connectivity index (χ2v) is 4.59. The number of ether oxygens (including phenoxy) is 1. The van der Waals surface area contributed by atoms with Crippen LogP contribution in [0.3, 0.4) is 0 Å². The highest BCUT2D eigenvalue weighted by Crippen LogP contribution is 2.19. The third-order valence-corrected chi connectivity index (χ3v) is 3.11. The highest BCUT2D eigenvalue weighted by atomic mass is 16.5. The first-order chi connectivity index (χ1) is 10.8. The Morgan fingerprint density at radius 2 is 2.14 bits per heavy atom. The summed E-state index contributed by atoms with van der Waals surface area (Å²) < 4.78 is 5.13. The van der Waals surface area contributed by atoms with Crippen LogP contribution in [0.1, 0.15) is 10.5 Å². The second kappa shape index (κ2) is 6.09. The number of H-pyrrole nitrogens is 1. The Morgan fingerprint density at radius 1 is 1.23 bits per heavy atom. The van der Waals surface area contributed by atoms with Gasteiger partial charge in [-0.2, -0.15) is 5.10 Å². The van der Waals surface area contributed by atoms with Gasteiger partial charge in [-0.15, -0.1) is 0 Å². The van der Waals surface area contributed by atoms with E-state index in [4.69, 9.17) is 4.74 Å². The van der Waals surface area contributed by atoms with E-state index in [2.05, 4.69) is 20.5 Å². The van der Waals surface area contributed by atoms with Gasteiger partial charge in [0.15, 0.2) is 0 Å². The van der Waals surface area contributed by atoms with Crippen LogP contribution in [-0.2, 0) is 0 Å². The molecule has 1 amide bonds. The number of aromatic amines is 1. The lowest BCUT2D eigenvalue weighted by Crippen LogP contribution is -2.12. The number of aromatic nitrogens is 3. The molecule has 0 spiro atoms. The molecule has 1 aromatic carbocycles. The Labute approximate surface area is 127 Å². The molecule has 0 bridgehead atoms. The number of nitrogens with one attached hydrogen (secondary N) is 2. The summed E-state index contributed by atoms with van der Waals surface area (Å²) in [6.45, 7) is 0. The number of carbonyl (C=O) groups is 1. The van der Waals surface area contributed by atoms with Crippen LogP contribution in [0.25, 0.3) is 11.3 Å². The van der Waals surface area contributed by atoms with Crippen LogP contribution < -0.4 is 10.1 Å². The smallest absolute Gasteiger partial charge is 0.273 e. The predicted octanol–water partition coefficient (Wildman–Crippen LogP) is 2.73. The molecule has 0 radical (unpaired) electrons. The number of nitrogens with zero attached hydrogens (tertiary/aromatic N) is 2. The molecular weight excluding hydrogens is 280 g/mol. The van der Waals surface area contributed by atoms with Crippen molar-refractivity contribution in [1.82, 2.24) is 15.2 Å². The Morgan fingerprint density at radius 3 is 2.91 bits per heavy atom. The lowest BCUT2D eigenvalue weighted by atomic mass is 10.2. The van der Waals surface area contributed by atoms with Gasteiger partial charge in [0.05, 0.1) is 12.8 Å². The minimum absolute atomic E-state index is 0.268. The molecule has 22 heavy (non-hydrogen) atoms. The number of hydrogen-bond acceptors (Lipinski definition) is 4. The number of amides is 1. The van der Waals surface area contributed by atoms with E-state index in [1.807, 2.05) is 24.3 Å². The lowest BCUT2D eigenvalue weighted by Gasteiger charge is -2.05. The fraction of sp³-hybridized carbons (Fsp3) is 0.0625. The summed E-state index contributed by atoms with van der Waals surface area (Å²) in [6.07, 6.45) is 3.38. The molecule has 2 aromatic heterocycles. The summed E-state index contributed by atoms with van der Waals surface area (Å²) in [7, 11) is 1.58. The molecule has 2 N–H and O–H groups in total. The van der Waals surface area contributed by atoms with Crippen LogP contribution >= 0.6 is 0 Å².